The molecule has 64 valence electrons. The summed E-state index contributed by atoms with van der Waals surface area (Å²) in [5.74, 6) is 0. The Bertz CT molecular complexity index is 277. The van der Waals surface area contributed by atoms with Gasteiger partial charge < -0.3 is 0 Å². The van der Waals surface area contributed by atoms with Crippen LogP contribution in [0.2, 0.25) is 0 Å². The first-order chi connectivity index (χ1) is 5.65. The van der Waals surface area contributed by atoms with E-state index < -0.39 is 0 Å². The summed E-state index contributed by atoms with van der Waals surface area (Å²) in [5, 5.41) is 0. The SMILES string of the molecule is C=CCc1c(C)cc(Br)cc1C. The zero-order valence-electron chi connectivity index (χ0n) is 7.52. The van der Waals surface area contributed by atoms with Gasteiger partial charge in [-0.2, -0.15) is 0 Å². The zero-order valence-corrected chi connectivity index (χ0v) is 9.11. The van der Waals surface area contributed by atoms with Crippen LogP contribution in [0.4, 0.5) is 0 Å². The van der Waals surface area contributed by atoms with Gasteiger partial charge in [0, 0.05) is 4.47 Å². The summed E-state index contributed by atoms with van der Waals surface area (Å²) in [6, 6.07) is 4.29. The van der Waals surface area contributed by atoms with Crippen molar-refractivity contribution in [2.24, 2.45) is 0 Å². The van der Waals surface area contributed by atoms with Crippen LogP contribution in [0.25, 0.3) is 0 Å². The lowest BCUT2D eigenvalue weighted by Gasteiger charge is -2.07. The van der Waals surface area contributed by atoms with E-state index >= 15 is 0 Å². The van der Waals surface area contributed by atoms with E-state index in [1.807, 2.05) is 6.08 Å². The van der Waals surface area contributed by atoms with Gasteiger partial charge in [0.2, 0.25) is 0 Å². The number of hydrogen-bond donors (Lipinski definition) is 0. The lowest BCUT2D eigenvalue weighted by Crippen LogP contribution is -1.91. The average molecular weight is 225 g/mol. The summed E-state index contributed by atoms with van der Waals surface area (Å²) < 4.78 is 1.16. The number of halogens is 1. The Balaban J connectivity index is 3.18. The molecule has 0 nitrogen and oxygen atoms in total. The van der Waals surface area contributed by atoms with Crippen molar-refractivity contribution in [3.63, 3.8) is 0 Å². The smallest absolute Gasteiger partial charge is 0.0180 e. The highest BCUT2D eigenvalue weighted by Gasteiger charge is 2.01. The van der Waals surface area contributed by atoms with Crippen molar-refractivity contribution in [2.45, 2.75) is 20.3 Å². The monoisotopic (exact) mass is 224 g/mol. The molecule has 0 aliphatic carbocycles. The molecule has 0 amide bonds. The number of hydrogen-bond acceptors (Lipinski definition) is 0. The van der Waals surface area contributed by atoms with E-state index in [0.29, 0.717) is 0 Å². The molecule has 1 aromatic carbocycles. The van der Waals surface area contributed by atoms with E-state index in [-0.39, 0.29) is 0 Å². The minimum Gasteiger partial charge on any atom is -0.103 e. The maximum absolute atomic E-state index is 3.75. The Morgan fingerprint density at radius 3 is 2.25 bits per heavy atom. The van der Waals surface area contributed by atoms with Crippen molar-refractivity contribution in [1.82, 2.24) is 0 Å². The quantitative estimate of drug-likeness (QED) is 0.671. The van der Waals surface area contributed by atoms with E-state index in [9.17, 15) is 0 Å². The molecule has 0 radical (unpaired) electrons. The molecular formula is C11H13Br. The van der Waals surface area contributed by atoms with Crippen LogP contribution in [-0.2, 0) is 6.42 Å². The summed E-state index contributed by atoms with van der Waals surface area (Å²) in [4.78, 5) is 0. The fourth-order valence-corrected chi connectivity index (χ4v) is 2.09. The lowest BCUT2D eigenvalue weighted by molar-refractivity contribution is 1.16. The van der Waals surface area contributed by atoms with Crippen molar-refractivity contribution in [3.8, 4) is 0 Å². The Labute approximate surface area is 82.4 Å². The molecule has 0 saturated heterocycles. The normalized spacial score (nSPS) is 9.92. The van der Waals surface area contributed by atoms with Crippen LogP contribution in [-0.4, -0.2) is 0 Å². The summed E-state index contributed by atoms with van der Waals surface area (Å²) in [6.07, 6.45) is 2.91. The lowest BCUT2D eigenvalue weighted by atomic mass is 10.0. The molecule has 1 aromatic rings. The third-order valence-corrected chi connectivity index (χ3v) is 2.47. The highest BCUT2D eigenvalue weighted by molar-refractivity contribution is 9.10. The van der Waals surface area contributed by atoms with Gasteiger partial charge in [-0.05, 0) is 49.1 Å². The molecule has 12 heavy (non-hydrogen) atoms. The number of rotatable bonds is 2. The van der Waals surface area contributed by atoms with E-state index in [1.54, 1.807) is 0 Å². The van der Waals surface area contributed by atoms with Crippen LogP contribution < -0.4 is 0 Å². The first kappa shape index (κ1) is 9.53. The Kier molecular flexibility index (Phi) is 3.10. The fourth-order valence-electron chi connectivity index (χ4n) is 1.41. The molecule has 1 heteroatoms. The fraction of sp³-hybridized carbons (Fsp3) is 0.273. The highest BCUT2D eigenvalue weighted by atomic mass is 79.9. The number of aryl methyl sites for hydroxylation is 2. The zero-order chi connectivity index (χ0) is 9.14. The highest BCUT2D eigenvalue weighted by Crippen LogP contribution is 2.20. The molecule has 0 fully saturated rings. The maximum atomic E-state index is 3.75. The Morgan fingerprint density at radius 2 is 1.83 bits per heavy atom. The summed E-state index contributed by atoms with van der Waals surface area (Å²) in [7, 11) is 0. The first-order valence-corrected chi connectivity index (χ1v) is 4.81. The Hall–Kier alpha value is -0.560. The Morgan fingerprint density at radius 1 is 1.33 bits per heavy atom. The van der Waals surface area contributed by atoms with Crippen LogP contribution >= 0.6 is 15.9 Å². The molecule has 0 spiro atoms. The van der Waals surface area contributed by atoms with Crippen LogP contribution in [0.1, 0.15) is 16.7 Å². The molecule has 0 atom stereocenters. The molecule has 0 saturated carbocycles. The van der Waals surface area contributed by atoms with E-state index in [2.05, 4.69) is 48.5 Å². The summed E-state index contributed by atoms with van der Waals surface area (Å²) >= 11 is 3.47. The molecule has 0 aliphatic heterocycles. The van der Waals surface area contributed by atoms with Gasteiger partial charge in [0.15, 0.2) is 0 Å². The van der Waals surface area contributed by atoms with Gasteiger partial charge in [0.1, 0.15) is 0 Å². The minimum atomic E-state index is 0.963. The molecular weight excluding hydrogens is 212 g/mol. The van der Waals surface area contributed by atoms with Gasteiger partial charge in [0.05, 0.1) is 0 Å². The predicted molar refractivity (Wildman–Crippen MR) is 57.5 cm³/mol. The van der Waals surface area contributed by atoms with Crippen LogP contribution in [0, 0.1) is 13.8 Å². The summed E-state index contributed by atoms with van der Waals surface area (Å²) in [6.45, 7) is 8.02. The van der Waals surface area contributed by atoms with E-state index in [1.165, 1.54) is 16.7 Å². The second-order valence-electron chi connectivity index (χ2n) is 3.01. The molecule has 0 unspecified atom stereocenters. The molecule has 0 aromatic heterocycles. The van der Waals surface area contributed by atoms with Gasteiger partial charge in [-0.25, -0.2) is 0 Å². The largest absolute Gasteiger partial charge is 0.103 e. The molecule has 0 N–H and O–H groups in total. The van der Waals surface area contributed by atoms with Gasteiger partial charge in [-0.3, -0.25) is 0 Å². The number of allylic oxidation sites excluding steroid dienone is 1. The molecule has 1 rings (SSSR count). The second kappa shape index (κ2) is 3.90. The van der Waals surface area contributed by atoms with Gasteiger partial charge >= 0.3 is 0 Å². The van der Waals surface area contributed by atoms with E-state index in [0.717, 1.165) is 10.9 Å². The standard InChI is InChI=1S/C11H13Br/c1-4-5-11-8(2)6-10(12)7-9(11)3/h4,6-7H,1,5H2,2-3H3. The van der Waals surface area contributed by atoms with Crippen LogP contribution in [0.5, 0.6) is 0 Å². The van der Waals surface area contributed by atoms with Gasteiger partial charge in [-0.15, -0.1) is 6.58 Å². The summed E-state index contributed by atoms with van der Waals surface area (Å²) in [5.41, 5.74) is 4.07. The number of benzene rings is 1. The topological polar surface area (TPSA) is 0 Å². The average Bonchev–Trinajstić information content (AvgIpc) is 1.96. The van der Waals surface area contributed by atoms with Gasteiger partial charge in [-0.1, -0.05) is 22.0 Å². The molecule has 0 heterocycles. The van der Waals surface area contributed by atoms with Crippen molar-refractivity contribution < 1.29 is 0 Å². The molecule has 0 bridgehead atoms. The van der Waals surface area contributed by atoms with Gasteiger partial charge in [0.25, 0.3) is 0 Å². The molecule has 0 aliphatic rings. The van der Waals surface area contributed by atoms with Crippen molar-refractivity contribution in [2.75, 3.05) is 0 Å². The first-order valence-electron chi connectivity index (χ1n) is 4.01. The predicted octanol–water partition coefficient (Wildman–Crippen LogP) is 3.79. The maximum Gasteiger partial charge on any atom is 0.0180 e. The van der Waals surface area contributed by atoms with Crippen molar-refractivity contribution in [1.29, 1.82) is 0 Å². The third-order valence-electron chi connectivity index (χ3n) is 2.01. The van der Waals surface area contributed by atoms with Crippen LogP contribution in [0.3, 0.4) is 0 Å². The second-order valence-corrected chi connectivity index (χ2v) is 3.93. The minimum absolute atomic E-state index is 0.963. The third kappa shape index (κ3) is 1.98. The van der Waals surface area contributed by atoms with Crippen molar-refractivity contribution >= 4 is 15.9 Å². The van der Waals surface area contributed by atoms with Crippen molar-refractivity contribution in [3.05, 3.63) is 46.0 Å². The van der Waals surface area contributed by atoms with E-state index in [4.69, 9.17) is 0 Å². The van der Waals surface area contributed by atoms with Crippen LogP contribution in [0.15, 0.2) is 29.3 Å².